The van der Waals surface area contributed by atoms with E-state index in [1.54, 1.807) is 0 Å². The smallest absolute Gasteiger partial charge is 0.253 e. The molecule has 5 aromatic rings. The minimum Gasteiger partial charge on any atom is -0.458 e. The van der Waals surface area contributed by atoms with E-state index in [4.69, 9.17) is 4.74 Å². The van der Waals surface area contributed by atoms with Crippen LogP contribution in [0.25, 0.3) is 21.9 Å². The monoisotopic (exact) mass is 412 g/mol. The van der Waals surface area contributed by atoms with Gasteiger partial charge in [-0.25, -0.2) is 0 Å². The van der Waals surface area contributed by atoms with E-state index in [1.165, 1.54) is 48.1 Å². The van der Waals surface area contributed by atoms with Crippen molar-refractivity contribution >= 4 is 45.6 Å². The Morgan fingerprint density at radius 1 is 0.548 bits per heavy atom. The van der Waals surface area contributed by atoms with Gasteiger partial charge in [-0.15, -0.1) is 0 Å². The summed E-state index contributed by atoms with van der Waals surface area (Å²) < 4.78 is 6.39. The molecule has 0 saturated carbocycles. The van der Waals surface area contributed by atoms with Crippen molar-refractivity contribution in [3.05, 3.63) is 103 Å². The fourth-order valence-electron chi connectivity index (χ4n) is 4.93. The topological polar surface area (TPSA) is 9.23 Å². The third kappa shape index (κ3) is 2.60. The van der Waals surface area contributed by atoms with Crippen molar-refractivity contribution in [1.29, 1.82) is 0 Å². The first-order valence-corrected chi connectivity index (χ1v) is 11.4. The Bertz CT molecular complexity index is 1490. The zero-order valence-corrected chi connectivity index (χ0v) is 17.5. The molecule has 7 rings (SSSR count). The van der Waals surface area contributed by atoms with Gasteiger partial charge in [-0.1, -0.05) is 90.0 Å². The Balaban J connectivity index is 1.45. The van der Waals surface area contributed by atoms with Gasteiger partial charge in [0.15, 0.2) is 0 Å². The van der Waals surface area contributed by atoms with Gasteiger partial charge >= 0.3 is 0 Å². The molecule has 0 saturated heterocycles. The van der Waals surface area contributed by atoms with Gasteiger partial charge in [0.1, 0.15) is 11.5 Å². The highest BCUT2D eigenvalue weighted by molar-refractivity contribution is 8.00. The average Bonchev–Trinajstić information content (AvgIpc) is 2.83. The van der Waals surface area contributed by atoms with Gasteiger partial charge in [0.05, 0.1) is 0 Å². The van der Waals surface area contributed by atoms with Gasteiger partial charge in [0.25, 0.3) is 6.71 Å². The largest absolute Gasteiger partial charge is 0.458 e. The summed E-state index contributed by atoms with van der Waals surface area (Å²) in [7, 11) is 0. The normalized spacial score (nSPS) is 13.2. The van der Waals surface area contributed by atoms with Gasteiger partial charge in [-0.05, 0) is 63.2 Å². The molecule has 0 N–H and O–H groups in total. The lowest BCUT2D eigenvalue weighted by Gasteiger charge is -2.33. The molecule has 1 nitrogen and oxygen atoms in total. The average molecular weight is 412 g/mol. The summed E-state index contributed by atoms with van der Waals surface area (Å²) >= 11 is 1.85. The number of rotatable bonds is 1. The lowest BCUT2D eigenvalue weighted by molar-refractivity contribution is 0.486. The zero-order valence-electron chi connectivity index (χ0n) is 16.7. The summed E-state index contributed by atoms with van der Waals surface area (Å²) in [5.74, 6) is 1.94. The summed E-state index contributed by atoms with van der Waals surface area (Å²) in [4.78, 5) is 2.63. The van der Waals surface area contributed by atoms with Crippen molar-refractivity contribution in [1.82, 2.24) is 0 Å². The van der Waals surface area contributed by atoms with E-state index in [2.05, 4.69) is 103 Å². The second-order valence-electron chi connectivity index (χ2n) is 8.16. The first kappa shape index (κ1) is 17.3. The van der Waals surface area contributed by atoms with Crippen molar-refractivity contribution in [2.45, 2.75) is 9.79 Å². The number of benzene rings is 5. The van der Waals surface area contributed by atoms with Crippen molar-refractivity contribution in [2.75, 3.05) is 0 Å². The van der Waals surface area contributed by atoms with Crippen LogP contribution in [0, 0.1) is 0 Å². The van der Waals surface area contributed by atoms with E-state index < -0.39 is 0 Å². The third-order valence-corrected chi connectivity index (χ3v) is 7.56. The highest BCUT2D eigenvalue weighted by Gasteiger charge is 2.38. The SMILES string of the molecule is c1ccc2c(c1)Sc1cccc3c1B2c1cc(-c2ccc4ccccc4c2)ccc1O3. The molecule has 5 aromatic carbocycles. The predicted molar refractivity (Wildman–Crippen MR) is 131 cm³/mol. The Hall–Kier alpha value is -3.43. The molecule has 31 heavy (non-hydrogen) atoms. The maximum atomic E-state index is 6.39. The van der Waals surface area contributed by atoms with E-state index in [1.807, 2.05) is 11.8 Å². The van der Waals surface area contributed by atoms with Crippen LogP contribution in [0.2, 0.25) is 0 Å². The maximum Gasteiger partial charge on any atom is 0.253 e. The van der Waals surface area contributed by atoms with Crippen LogP contribution in [-0.2, 0) is 0 Å². The Labute approximate surface area is 185 Å². The van der Waals surface area contributed by atoms with E-state index in [0.29, 0.717) is 0 Å². The fourth-order valence-corrected chi connectivity index (χ4v) is 6.09. The lowest BCUT2D eigenvalue weighted by Crippen LogP contribution is -2.57. The number of ether oxygens (including phenoxy) is 1. The van der Waals surface area contributed by atoms with Gasteiger partial charge < -0.3 is 4.74 Å². The van der Waals surface area contributed by atoms with Crippen LogP contribution < -0.4 is 21.1 Å². The number of hydrogen-bond acceptors (Lipinski definition) is 2. The second-order valence-corrected chi connectivity index (χ2v) is 9.24. The Kier molecular flexibility index (Phi) is 3.64. The van der Waals surface area contributed by atoms with Gasteiger partial charge in [-0.3, -0.25) is 0 Å². The van der Waals surface area contributed by atoms with E-state index >= 15 is 0 Å². The third-order valence-electron chi connectivity index (χ3n) is 6.39. The second kappa shape index (κ2) is 6.53. The molecule has 144 valence electrons. The van der Waals surface area contributed by atoms with E-state index in [0.717, 1.165) is 11.5 Å². The van der Waals surface area contributed by atoms with Crippen LogP contribution in [0.5, 0.6) is 11.5 Å². The Morgan fingerprint density at radius 3 is 2.29 bits per heavy atom. The summed E-state index contributed by atoms with van der Waals surface area (Å²) in [6, 6.07) is 37.1. The van der Waals surface area contributed by atoms with Crippen LogP contribution >= 0.6 is 11.8 Å². The van der Waals surface area contributed by atoms with E-state index in [-0.39, 0.29) is 6.71 Å². The maximum absolute atomic E-state index is 6.39. The molecule has 2 aliphatic rings. The minimum atomic E-state index is 0.202. The molecule has 0 unspecified atom stereocenters. The van der Waals surface area contributed by atoms with Crippen molar-refractivity contribution in [3.8, 4) is 22.6 Å². The zero-order chi connectivity index (χ0) is 20.4. The molecule has 3 heteroatoms. The summed E-state index contributed by atoms with van der Waals surface area (Å²) in [5, 5.41) is 2.53. The molecule has 0 aliphatic carbocycles. The van der Waals surface area contributed by atoms with Gasteiger partial charge in [0.2, 0.25) is 0 Å². The van der Waals surface area contributed by atoms with Crippen LogP contribution in [0.1, 0.15) is 0 Å². The van der Waals surface area contributed by atoms with Crippen molar-refractivity contribution < 1.29 is 4.74 Å². The van der Waals surface area contributed by atoms with Crippen molar-refractivity contribution in [2.24, 2.45) is 0 Å². The fraction of sp³-hybridized carbons (Fsp3) is 0. The highest BCUT2D eigenvalue weighted by atomic mass is 32.2. The molecule has 0 bridgehead atoms. The number of fused-ring (bicyclic) bond motifs is 5. The van der Waals surface area contributed by atoms with Gasteiger partial charge in [-0.2, -0.15) is 0 Å². The van der Waals surface area contributed by atoms with Crippen LogP contribution in [-0.4, -0.2) is 6.71 Å². The summed E-state index contributed by atoms with van der Waals surface area (Å²) in [5.41, 5.74) is 6.38. The molecule has 0 fully saturated rings. The first-order valence-electron chi connectivity index (χ1n) is 10.6. The molecule has 2 heterocycles. The van der Waals surface area contributed by atoms with Crippen LogP contribution in [0.4, 0.5) is 0 Å². The molecule has 0 atom stereocenters. The lowest BCUT2D eigenvalue weighted by atomic mass is 9.35. The Morgan fingerprint density at radius 2 is 1.32 bits per heavy atom. The standard InChI is InChI=1S/C28H17BOS/c1-2-7-19-16-20(13-12-18(19)6-1)21-14-15-24-23(17-21)29-22-8-3-4-10-26(22)31-27-11-5-9-25(30-24)28(27)29/h1-17H. The summed E-state index contributed by atoms with van der Waals surface area (Å²) in [6.07, 6.45) is 0. The van der Waals surface area contributed by atoms with Crippen LogP contribution in [0.3, 0.4) is 0 Å². The molecule has 0 radical (unpaired) electrons. The quantitative estimate of drug-likeness (QED) is 0.325. The minimum absolute atomic E-state index is 0.202. The molecule has 0 amide bonds. The first-order chi connectivity index (χ1) is 15.3. The summed E-state index contributed by atoms with van der Waals surface area (Å²) in [6.45, 7) is 0.202. The van der Waals surface area contributed by atoms with Gasteiger partial charge in [0, 0.05) is 9.79 Å². The predicted octanol–water partition coefficient (Wildman–Crippen LogP) is 5.59. The number of hydrogen-bond donors (Lipinski definition) is 0. The molecule has 0 aromatic heterocycles. The van der Waals surface area contributed by atoms with Crippen molar-refractivity contribution in [3.63, 3.8) is 0 Å². The molecule has 2 aliphatic heterocycles. The van der Waals surface area contributed by atoms with Crippen LogP contribution in [0.15, 0.2) is 113 Å². The molecular formula is C28H17BOS. The molecule has 0 spiro atoms. The highest BCUT2D eigenvalue weighted by Crippen LogP contribution is 2.37. The molecular weight excluding hydrogens is 395 g/mol. The van der Waals surface area contributed by atoms with E-state index in [9.17, 15) is 0 Å².